The SMILES string of the molecule is COc1cc(Br)c(NC(=O)CC(C)C2CCCNC2)cc1OC.Cl. The van der Waals surface area contributed by atoms with Crippen LogP contribution in [0.1, 0.15) is 26.2 Å². The number of hydrogen-bond acceptors (Lipinski definition) is 4. The molecule has 0 bridgehead atoms. The number of ether oxygens (including phenoxy) is 2. The van der Waals surface area contributed by atoms with Crippen molar-refractivity contribution in [2.45, 2.75) is 26.2 Å². The first-order valence-corrected chi connectivity index (χ1v) is 8.76. The second-order valence-electron chi connectivity index (χ2n) is 6.02. The predicted molar refractivity (Wildman–Crippen MR) is 102 cm³/mol. The Bertz CT molecular complexity index is 551. The van der Waals surface area contributed by atoms with E-state index < -0.39 is 0 Å². The van der Waals surface area contributed by atoms with Crippen molar-refractivity contribution < 1.29 is 14.3 Å². The number of anilines is 1. The number of hydrogen-bond donors (Lipinski definition) is 2. The van der Waals surface area contributed by atoms with Crippen LogP contribution in [-0.2, 0) is 4.79 Å². The summed E-state index contributed by atoms with van der Waals surface area (Å²) in [6.07, 6.45) is 2.91. The first kappa shape index (κ1) is 21.1. The van der Waals surface area contributed by atoms with Crippen LogP contribution in [0.5, 0.6) is 11.5 Å². The molecule has 1 saturated heterocycles. The molecule has 1 heterocycles. The number of carbonyl (C=O) groups is 1. The van der Waals surface area contributed by atoms with Gasteiger partial charge in [0.05, 0.1) is 19.9 Å². The third-order valence-electron chi connectivity index (χ3n) is 4.39. The molecule has 5 nitrogen and oxygen atoms in total. The quantitative estimate of drug-likeness (QED) is 0.732. The Labute approximate surface area is 158 Å². The van der Waals surface area contributed by atoms with E-state index in [1.165, 1.54) is 12.8 Å². The Kier molecular flexibility index (Phi) is 8.87. The molecular weight excluding hydrogens is 396 g/mol. The zero-order valence-corrected chi connectivity index (χ0v) is 16.8. The smallest absolute Gasteiger partial charge is 0.224 e. The minimum Gasteiger partial charge on any atom is -0.493 e. The van der Waals surface area contributed by atoms with E-state index in [9.17, 15) is 4.79 Å². The number of carbonyl (C=O) groups excluding carboxylic acids is 1. The van der Waals surface area contributed by atoms with Crippen LogP contribution < -0.4 is 20.1 Å². The molecule has 0 spiro atoms. The normalized spacial score (nSPS) is 18.2. The van der Waals surface area contributed by atoms with Gasteiger partial charge in [-0.15, -0.1) is 12.4 Å². The van der Waals surface area contributed by atoms with Gasteiger partial charge in [-0.25, -0.2) is 0 Å². The Balaban J connectivity index is 0.00000288. The zero-order chi connectivity index (χ0) is 16.8. The molecule has 1 aliphatic rings. The minimum atomic E-state index is 0. The van der Waals surface area contributed by atoms with Gasteiger partial charge in [0.15, 0.2) is 11.5 Å². The fourth-order valence-electron chi connectivity index (χ4n) is 2.97. The fraction of sp³-hybridized carbons (Fsp3) is 0.588. The van der Waals surface area contributed by atoms with Gasteiger partial charge in [-0.3, -0.25) is 4.79 Å². The van der Waals surface area contributed by atoms with E-state index in [0.717, 1.165) is 17.6 Å². The minimum absolute atomic E-state index is 0. The van der Waals surface area contributed by atoms with Gasteiger partial charge in [-0.2, -0.15) is 0 Å². The lowest BCUT2D eigenvalue weighted by Crippen LogP contribution is -2.34. The zero-order valence-electron chi connectivity index (χ0n) is 14.4. The summed E-state index contributed by atoms with van der Waals surface area (Å²) in [7, 11) is 3.16. The van der Waals surface area contributed by atoms with Crippen LogP contribution in [0.25, 0.3) is 0 Å². The van der Waals surface area contributed by atoms with E-state index in [0.29, 0.717) is 35.4 Å². The van der Waals surface area contributed by atoms with Crippen molar-refractivity contribution >= 4 is 39.9 Å². The predicted octanol–water partition coefficient (Wildman–Crippen LogP) is 3.85. The van der Waals surface area contributed by atoms with Gasteiger partial charge in [-0.1, -0.05) is 6.92 Å². The van der Waals surface area contributed by atoms with Crippen LogP contribution in [0.4, 0.5) is 5.69 Å². The topological polar surface area (TPSA) is 59.6 Å². The van der Waals surface area contributed by atoms with Crippen LogP contribution in [-0.4, -0.2) is 33.2 Å². The van der Waals surface area contributed by atoms with Crippen molar-refractivity contribution in [2.75, 3.05) is 32.6 Å². The first-order chi connectivity index (χ1) is 11.0. The molecule has 7 heteroatoms. The van der Waals surface area contributed by atoms with Crippen molar-refractivity contribution in [1.82, 2.24) is 5.32 Å². The molecule has 0 aromatic heterocycles. The highest BCUT2D eigenvalue weighted by molar-refractivity contribution is 9.10. The van der Waals surface area contributed by atoms with Crippen LogP contribution >= 0.6 is 28.3 Å². The Hall–Kier alpha value is -0.980. The van der Waals surface area contributed by atoms with Crippen molar-refractivity contribution in [1.29, 1.82) is 0 Å². The third-order valence-corrected chi connectivity index (χ3v) is 5.05. The highest BCUT2D eigenvalue weighted by Gasteiger charge is 2.22. The maximum atomic E-state index is 12.3. The molecule has 1 aromatic carbocycles. The molecule has 1 fully saturated rings. The van der Waals surface area contributed by atoms with Crippen LogP contribution in [0.2, 0.25) is 0 Å². The first-order valence-electron chi connectivity index (χ1n) is 7.97. The molecule has 0 radical (unpaired) electrons. The van der Waals surface area contributed by atoms with Crippen LogP contribution in [0, 0.1) is 11.8 Å². The highest BCUT2D eigenvalue weighted by Crippen LogP contribution is 2.36. The van der Waals surface area contributed by atoms with E-state index in [1.54, 1.807) is 26.4 Å². The maximum absolute atomic E-state index is 12.3. The van der Waals surface area contributed by atoms with Crippen molar-refractivity contribution in [2.24, 2.45) is 11.8 Å². The number of rotatable bonds is 6. The van der Waals surface area contributed by atoms with Gasteiger partial charge in [0.1, 0.15) is 0 Å². The van der Waals surface area contributed by atoms with Gasteiger partial charge in [0, 0.05) is 23.0 Å². The fourth-order valence-corrected chi connectivity index (χ4v) is 3.40. The number of nitrogens with one attached hydrogen (secondary N) is 2. The van der Waals surface area contributed by atoms with E-state index in [1.807, 2.05) is 0 Å². The summed E-state index contributed by atoms with van der Waals surface area (Å²) in [5, 5.41) is 6.37. The highest BCUT2D eigenvalue weighted by atomic mass is 79.9. The van der Waals surface area contributed by atoms with Gasteiger partial charge >= 0.3 is 0 Å². The van der Waals surface area contributed by atoms with Crippen LogP contribution in [0.15, 0.2) is 16.6 Å². The van der Waals surface area contributed by atoms with Crippen molar-refractivity contribution in [3.8, 4) is 11.5 Å². The molecule has 0 saturated carbocycles. The Morgan fingerprint density at radius 3 is 2.62 bits per heavy atom. The molecule has 2 rings (SSSR count). The number of amides is 1. The summed E-state index contributed by atoms with van der Waals surface area (Å²) in [6, 6.07) is 3.57. The van der Waals surface area contributed by atoms with Gasteiger partial charge in [-0.05, 0) is 53.7 Å². The van der Waals surface area contributed by atoms with Crippen molar-refractivity contribution in [3.05, 3.63) is 16.6 Å². The second kappa shape index (κ2) is 10.1. The number of halogens is 2. The number of piperidine rings is 1. The standard InChI is InChI=1S/C17H25BrN2O3.ClH/c1-11(12-5-4-6-19-10-12)7-17(21)20-14-9-16(23-3)15(22-2)8-13(14)18;/h8-9,11-12,19H,4-7,10H2,1-3H3,(H,20,21);1H. The van der Waals surface area contributed by atoms with Crippen molar-refractivity contribution in [3.63, 3.8) is 0 Å². The third kappa shape index (κ3) is 5.53. The summed E-state index contributed by atoms with van der Waals surface area (Å²) in [5.74, 6) is 2.18. The molecule has 136 valence electrons. The molecule has 2 N–H and O–H groups in total. The van der Waals surface area contributed by atoms with E-state index in [4.69, 9.17) is 9.47 Å². The monoisotopic (exact) mass is 420 g/mol. The summed E-state index contributed by atoms with van der Waals surface area (Å²) in [5.41, 5.74) is 0.696. The average Bonchev–Trinajstić information content (AvgIpc) is 2.56. The number of benzene rings is 1. The largest absolute Gasteiger partial charge is 0.493 e. The molecular formula is C17H26BrClN2O3. The second-order valence-corrected chi connectivity index (χ2v) is 6.88. The average molecular weight is 422 g/mol. The molecule has 24 heavy (non-hydrogen) atoms. The lowest BCUT2D eigenvalue weighted by Gasteiger charge is -2.28. The van der Waals surface area contributed by atoms with Gasteiger partial charge in [0.2, 0.25) is 5.91 Å². The van der Waals surface area contributed by atoms with E-state index in [-0.39, 0.29) is 18.3 Å². The van der Waals surface area contributed by atoms with E-state index in [2.05, 4.69) is 33.5 Å². The summed E-state index contributed by atoms with van der Waals surface area (Å²) < 4.78 is 11.3. The maximum Gasteiger partial charge on any atom is 0.224 e. The summed E-state index contributed by atoms with van der Waals surface area (Å²) in [4.78, 5) is 12.3. The summed E-state index contributed by atoms with van der Waals surface area (Å²) >= 11 is 3.46. The molecule has 1 aromatic rings. The molecule has 2 atom stereocenters. The molecule has 2 unspecified atom stereocenters. The lowest BCUT2D eigenvalue weighted by atomic mass is 9.85. The Morgan fingerprint density at radius 2 is 2.04 bits per heavy atom. The lowest BCUT2D eigenvalue weighted by molar-refractivity contribution is -0.117. The van der Waals surface area contributed by atoms with E-state index >= 15 is 0 Å². The molecule has 1 aliphatic heterocycles. The van der Waals surface area contributed by atoms with Crippen LogP contribution in [0.3, 0.4) is 0 Å². The molecule has 1 amide bonds. The van der Waals surface area contributed by atoms with Gasteiger partial charge < -0.3 is 20.1 Å². The molecule has 0 aliphatic carbocycles. The summed E-state index contributed by atoms with van der Waals surface area (Å²) in [6.45, 7) is 4.25. The Morgan fingerprint density at radius 1 is 1.38 bits per heavy atom. The van der Waals surface area contributed by atoms with Gasteiger partial charge in [0.25, 0.3) is 0 Å². The number of methoxy groups -OCH3 is 2.